The van der Waals surface area contributed by atoms with Crippen LogP contribution >= 0.6 is 0 Å². The number of hydrogen-bond donors (Lipinski definition) is 1. The minimum absolute atomic E-state index is 0.232. The van der Waals surface area contributed by atoms with Crippen LogP contribution in [0.15, 0.2) is 0 Å². The van der Waals surface area contributed by atoms with Crippen LogP contribution < -0.4 is 5.32 Å². The van der Waals surface area contributed by atoms with Crippen LogP contribution in [0.25, 0.3) is 0 Å². The predicted octanol–water partition coefficient (Wildman–Crippen LogP) is 2.26. The molecule has 1 aliphatic rings. The molecule has 0 aromatic heterocycles. The molecule has 16 heavy (non-hydrogen) atoms. The lowest BCUT2D eigenvalue weighted by molar-refractivity contribution is -0.136. The van der Waals surface area contributed by atoms with Gasteiger partial charge in [0.15, 0.2) is 0 Å². The third kappa shape index (κ3) is 5.70. The normalized spacial score (nSPS) is 23.6. The van der Waals surface area contributed by atoms with Crippen molar-refractivity contribution >= 4 is 0 Å². The zero-order chi connectivity index (χ0) is 12.0. The molecule has 0 spiro atoms. The first-order valence-electron chi connectivity index (χ1n) is 5.95. The van der Waals surface area contributed by atoms with Crippen LogP contribution in [-0.4, -0.2) is 44.3 Å². The molecule has 1 N–H and O–H groups in total. The minimum atomic E-state index is -4.00. The maximum Gasteiger partial charge on any atom is 0.389 e. The van der Waals surface area contributed by atoms with Gasteiger partial charge < -0.3 is 10.2 Å². The molecular formula is C11H21F3N2. The zero-order valence-electron chi connectivity index (χ0n) is 9.82. The average molecular weight is 238 g/mol. The Bertz CT molecular complexity index is 192. The van der Waals surface area contributed by atoms with Gasteiger partial charge in [0.1, 0.15) is 0 Å². The maximum absolute atomic E-state index is 12.0. The number of alkyl halides is 3. The smallest absolute Gasteiger partial charge is 0.319 e. The number of piperidine rings is 1. The highest BCUT2D eigenvalue weighted by molar-refractivity contribution is 4.74. The quantitative estimate of drug-likeness (QED) is 0.790. The molecule has 0 aromatic carbocycles. The highest BCUT2D eigenvalue weighted by atomic mass is 19.4. The van der Waals surface area contributed by atoms with Crippen LogP contribution in [0.1, 0.15) is 25.7 Å². The van der Waals surface area contributed by atoms with E-state index in [0.717, 1.165) is 26.1 Å². The largest absolute Gasteiger partial charge is 0.389 e. The van der Waals surface area contributed by atoms with Gasteiger partial charge in [0.05, 0.1) is 0 Å². The van der Waals surface area contributed by atoms with Gasteiger partial charge in [-0.2, -0.15) is 13.2 Å². The van der Waals surface area contributed by atoms with E-state index in [4.69, 9.17) is 0 Å². The van der Waals surface area contributed by atoms with E-state index in [2.05, 4.69) is 10.2 Å². The fraction of sp³-hybridized carbons (Fsp3) is 1.00. The first kappa shape index (κ1) is 13.8. The van der Waals surface area contributed by atoms with Crippen molar-refractivity contribution in [2.24, 2.45) is 5.92 Å². The molecular weight excluding hydrogens is 217 g/mol. The maximum atomic E-state index is 12.0. The molecule has 1 heterocycles. The van der Waals surface area contributed by atoms with Crippen molar-refractivity contribution in [3.8, 4) is 0 Å². The Labute approximate surface area is 95.2 Å². The summed E-state index contributed by atoms with van der Waals surface area (Å²) in [6.07, 6.45) is -2.12. The van der Waals surface area contributed by atoms with Gasteiger partial charge >= 0.3 is 6.18 Å². The van der Waals surface area contributed by atoms with Crippen molar-refractivity contribution in [1.82, 2.24) is 10.2 Å². The van der Waals surface area contributed by atoms with E-state index in [0.29, 0.717) is 12.5 Å². The Morgan fingerprint density at radius 2 is 2.12 bits per heavy atom. The average Bonchev–Trinajstić information content (AvgIpc) is 2.17. The molecule has 1 aliphatic heterocycles. The molecule has 1 saturated heterocycles. The summed E-state index contributed by atoms with van der Waals surface area (Å²) in [5.74, 6) is 0.602. The Balaban J connectivity index is 2.16. The van der Waals surface area contributed by atoms with Gasteiger partial charge in [0, 0.05) is 13.0 Å². The first-order chi connectivity index (χ1) is 7.51. The predicted molar refractivity (Wildman–Crippen MR) is 58.4 cm³/mol. The molecule has 0 radical (unpaired) electrons. The monoisotopic (exact) mass is 238 g/mol. The van der Waals surface area contributed by atoms with Crippen LogP contribution in [0.5, 0.6) is 0 Å². The zero-order valence-corrected chi connectivity index (χ0v) is 9.82. The van der Waals surface area contributed by atoms with Gasteiger partial charge in [-0.05, 0) is 51.9 Å². The summed E-state index contributed by atoms with van der Waals surface area (Å²) in [7, 11) is 1.92. The van der Waals surface area contributed by atoms with Crippen molar-refractivity contribution in [3.63, 3.8) is 0 Å². The lowest BCUT2D eigenvalue weighted by atomic mass is 9.98. The molecule has 0 saturated carbocycles. The number of hydrogen-bond acceptors (Lipinski definition) is 2. The van der Waals surface area contributed by atoms with Crippen molar-refractivity contribution in [2.45, 2.75) is 31.9 Å². The van der Waals surface area contributed by atoms with Gasteiger partial charge in [-0.3, -0.25) is 0 Å². The fourth-order valence-electron chi connectivity index (χ4n) is 2.31. The first-order valence-corrected chi connectivity index (χ1v) is 5.95. The summed E-state index contributed by atoms with van der Waals surface area (Å²) >= 11 is 0. The standard InChI is InChI=1S/C11H21F3N2/c1-15-8-10-4-2-6-16(9-10)7-3-5-11(12,13)14/h10,15H,2-9H2,1H3. The molecule has 1 unspecified atom stereocenters. The molecule has 1 atom stereocenters. The van der Waals surface area contributed by atoms with E-state index >= 15 is 0 Å². The van der Waals surface area contributed by atoms with Gasteiger partial charge in [-0.25, -0.2) is 0 Å². The van der Waals surface area contributed by atoms with Crippen molar-refractivity contribution in [3.05, 3.63) is 0 Å². The second-order valence-corrected chi connectivity index (χ2v) is 4.59. The molecule has 0 aromatic rings. The SMILES string of the molecule is CNCC1CCCN(CCCC(F)(F)F)C1. The van der Waals surface area contributed by atoms with Crippen LogP contribution in [0.4, 0.5) is 13.2 Å². The van der Waals surface area contributed by atoms with E-state index in [1.165, 1.54) is 6.42 Å². The second-order valence-electron chi connectivity index (χ2n) is 4.59. The van der Waals surface area contributed by atoms with Crippen LogP contribution in [0, 0.1) is 5.92 Å². The number of rotatable bonds is 5. The van der Waals surface area contributed by atoms with E-state index in [-0.39, 0.29) is 6.42 Å². The minimum Gasteiger partial charge on any atom is -0.319 e. The summed E-state index contributed by atoms with van der Waals surface area (Å²) in [4.78, 5) is 2.16. The molecule has 96 valence electrons. The van der Waals surface area contributed by atoms with E-state index in [1.807, 2.05) is 7.05 Å². The second kappa shape index (κ2) is 6.45. The Hall–Kier alpha value is -0.290. The lowest BCUT2D eigenvalue weighted by Gasteiger charge is -2.32. The molecule has 0 bridgehead atoms. The Morgan fingerprint density at radius 3 is 2.75 bits per heavy atom. The van der Waals surface area contributed by atoms with Crippen molar-refractivity contribution in [1.29, 1.82) is 0 Å². The van der Waals surface area contributed by atoms with Crippen molar-refractivity contribution in [2.75, 3.05) is 33.2 Å². The highest BCUT2D eigenvalue weighted by Crippen LogP contribution is 2.22. The number of likely N-dealkylation sites (tertiary alicyclic amines) is 1. The molecule has 1 fully saturated rings. The van der Waals surface area contributed by atoms with E-state index < -0.39 is 12.6 Å². The Morgan fingerprint density at radius 1 is 1.38 bits per heavy atom. The summed E-state index contributed by atoms with van der Waals surface area (Å²) in [6.45, 7) is 3.45. The summed E-state index contributed by atoms with van der Waals surface area (Å²) in [5.41, 5.74) is 0. The van der Waals surface area contributed by atoms with Crippen molar-refractivity contribution < 1.29 is 13.2 Å². The molecule has 5 heteroatoms. The number of nitrogens with one attached hydrogen (secondary N) is 1. The van der Waals surface area contributed by atoms with Crippen LogP contribution in [0.3, 0.4) is 0 Å². The van der Waals surface area contributed by atoms with Gasteiger partial charge in [-0.15, -0.1) is 0 Å². The molecule has 2 nitrogen and oxygen atoms in total. The van der Waals surface area contributed by atoms with E-state index in [1.54, 1.807) is 0 Å². The van der Waals surface area contributed by atoms with E-state index in [9.17, 15) is 13.2 Å². The molecule has 0 amide bonds. The third-order valence-corrected chi connectivity index (χ3v) is 3.03. The summed E-state index contributed by atoms with van der Waals surface area (Å²) in [6, 6.07) is 0. The topological polar surface area (TPSA) is 15.3 Å². The lowest BCUT2D eigenvalue weighted by Crippen LogP contribution is -2.39. The fourth-order valence-corrected chi connectivity index (χ4v) is 2.31. The molecule has 0 aliphatic carbocycles. The molecule has 1 rings (SSSR count). The van der Waals surface area contributed by atoms with Gasteiger partial charge in [0.2, 0.25) is 0 Å². The number of nitrogens with zero attached hydrogens (tertiary/aromatic N) is 1. The van der Waals surface area contributed by atoms with Crippen LogP contribution in [0.2, 0.25) is 0 Å². The van der Waals surface area contributed by atoms with Gasteiger partial charge in [-0.1, -0.05) is 0 Å². The third-order valence-electron chi connectivity index (χ3n) is 3.03. The summed E-state index contributed by atoms with van der Waals surface area (Å²) in [5, 5.41) is 3.13. The Kier molecular flexibility index (Phi) is 5.55. The van der Waals surface area contributed by atoms with Crippen LogP contribution in [-0.2, 0) is 0 Å². The highest BCUT2D eigenvalue weighted by Gasteiger charge is 2.27. The van der Waals surface area contributed by atoms with Gasteiger partial charge in [0.25, 0.3) is 0 Å². The number of halogens is 3. The summed E-state index contributed by atoms with van der Waals surface area (Å²) < 4.78 is 35.9.